The number of hydrogen-bond acceptors (Lipinski definition) is 4. The van der Waals surface area contributed by atoms with Gasteiger partial charge in [-0.3, -0.25) is 9.78 Å². The molecule has 0 spiro atoms. The summed E-state index contributed by atoms with van der Waals surface area (Å²) in [4.78, 5) is 16.0. The average molecular weight is 321 g/mol. The molecule has 0 atom stereocenters. The molecular formula is C16H17F2N3O2. The van der Waals surface area contributed by atoms with Crippen LogP contribution >= 0.6 is 0 Å². The van der Waals surface area contributed by atoms with Gasteiger partial charge in [0.1, 0.15) is 11.3 Å². The van der Waals surface area contributed by atoms with Gasteiger partial charge in [0.05, 0.1) is 7.11 Å². The maximum absolute atomic E-state index is 13.8. The van der Waals surface area contributed by atoms with Gasteiger partial charge < -0.3 is 15.4 Å². The molecule has 0 aliphatic rings. The van der Waals surface area contributed by atoms with E-state index in [0.29, 0.717) is 6.54 Å². The molecule has 122 valence electrons. The Labute approximate surface area is 132 Å². The smallest absolute Gasteiger partial charge is 0.258 e. The molecule has 2 rings (SSSR count). The molecule has 0 bridgehead atoms. The highest BCUT2D eigenvalue weighted by Crippen LogP contribution is 2.23. The van der Waals surface area contributed by atoms with Crippen molar-refractivity contribution in [2.45, 2.75) is 6.92 Å². The molecule has 2 aromatic rings. The van der Waals surface area contributed by atoms with Crippen LogP contribution in [0, 0.1) is 18.6 Å². The van der Waals surface area contributed by atoms with E-state index in [1.807, 2.05) is 13.0 Å². The molecular weight excluding hydrogens is 304 g/mol. The fraction of sp³-hybridized carbons (Fsp3) is 0.250. The maximum Gasteiger partial charge on any atom is 0.258 e. The third-order valence-electron chi connectivity index (χ3n) is 3.25. The molecule has 0 fully saturated rings. The molecule has 0 unspecified atom stereocenters. The summed E-state index contributed by atoms with van der Waals surface area (Å²) in [6, 6.07) is 3.94. The van der Waals surface area contributed by atoms with E-state index < -0.39 is 23.1 Å². The van der Waals surface area contributed by atoms with E-state index in [-0.39, 0.29) is 12.3 Å². The summed E-state index contributed by atoms with van der Waals surface area (Å²) in [5.41, 5.74) is 1.42. The van der Waals surface area contributed by atoms with Crippen LogP contribution in [0.25, 0.3) is 0 Å². The first-order valence-electron chi connectivity index (χ1n) is 6.99. The third-order valence-corrected chi connectivity index (χ3v) is 3.25. The van der Waals surface area contributed by atoms with Gasteiger partial charge in [0.2, 0.25) is 0 Å². The molecule has 2 N–H and O–H groups in total. The SMILES string of the molecule is COc1ccc(F)c(F)c1C(=O)NCCNc1ccncc1C. The van der Waals surface area contributed by atoms with Crippen molar-refractivity contribution in [3.63, 3.8) is 0 Å². The number of benzene rings is 1. The van der Waals surface area contributed by atoms with Crippen LogP contribution in [-0.4, -0.2) is 31.1 Å². The largest absolute Gasteiger partial charge is 0.496 e. The van der Waals surface area contributed by atoms with Gasteiger partial charge in [-0.2, -0.15) is 0 Å². The quantitative estimate of drug-likeness (QED) is 0.803. The van der Waals surface area contributed by atoms with Gasteiger partial charge in [-0.25, -0.2) is 8.78 Å². The molecule has 1 heterocycles. The standard InChI is InChI=1S/C16H17F2N3O2/c1-10-9-19-6-5-12(10)20-7-8-21-16(22)14-13(23-2)4-3-11(17)15(14)18/h3-6,9H,7-8H2,1-2H3,(H,19,20)(H,21,22). The Morgan fingerprint density at radius 2 is 2.04 bits per heavy atom. The number of ether oxygens (including phenoxy) is 1. The lowest BCUT2D eigenvalue weighted by atomic mass is 10.1. The van der Waals surface area contributed by atoms with Crippen LogP contribution in [0.5, 0.6) is 5.75 Å². The van der Waals surface area contributed by atoms with Crippen molar-refractivity contribution >= 4 is 11.6 Å². The summed E-state index contributed by atoms with van der Waals surface area (Å²) in [6.07, 6.45) is 3.37. The van der Waals surface area contributed by atoms with Gasteiger partial charge in [-0.15, -0.1) is 0 Å². The zero-order valence-corrected chi connectivity index (χ0v) is 12.8. The Hall–Kier alpha value is -2.70. The molecule has 0 radical (unpaired) electrons. The lowest BCUT2D eigenvalue weighted by molar-refractivity contribution is 0.0946. The second-order valence-electron chi connectivity index (χ2n) is 4.81. The highest BCUT2D eigenvalue weighted by Gasteiger charge is 2.20. The van der Waals surface area contributed by atoms with Crippen molar-refractivity contribution in [2.75, 3.05) is 25.5 Å². The molecule has 0 saturated carbocycles. The molecule has 23 heavy (non-hydrogen) atoms. The zero-order valence-electron chi connectivity index (χ0n) is 12.8. The summed E-state index contributed by atoms with van der Waals surface area (Å²) in [5, 5.41) is 5.65. The van der Waals surface area contributed by atoms with Crippen molar-refractivity contribution in [2.24, 2.45) is 0 Å². The summed E-state index contributed by atoms with van der Waals surface area (Å²) in [6.45, 7) is 2.57. The number of rotatable bonds is 6. The number of carbonyl (C=O) groups is 1. The summed E-state index contributed by atoms with van der Waals surface area (Å²) in [7, 11) is 1.29. The van der Waals surface area contributed by atoms with E-state index in [9.17, 15) is 13.6 Å². The molecule has 1 aromatic carbocycles. The molecule has 0 aliphatic heterocycles. The van der Waals surface area contributed by atoms with Crippen molar-refractivity contribution in [1.29, 1.82) is 0 Å². The Balaban J connectivity index is 1.96. The predicted molar refractivity (Wildman–Crippen MR) is 82.7 cm³/mol. The topological polar surface area (TPSA) is 63.2 Å². The van der Waals surface area contributed by atoms with E-state index in [0.717, 1.165) is 17.3 Å². The summed E-state index contributed by atoms with van der Waals surface area (Å²) >= 11 is 0. The first-order valence-corrected chi connectivity index (χ1v) is 6.99. The fourth-order valence-electron chi connectivity index (χ4n) is 2.05. The number of amides is 1. The van der Waals surface area contributed by atoms with Crippen LogP contribution in [0.4, 0.5) is 14.5 Å². The number of hydrogen-bond donors (Lipinski definition) is 2. The minimum Gasteiger partial charge on any atom is -0.496 e. The van der Waals surface area contributed by atoms with Crippen LogP contribution < -0.4 is 15.4 Å². The highest BCUT2D eigenvalue weighted by molar-refractivity contribution is 5.97. The second-order valence-corrected chi connectivity index (χ2v) is 4.81. The molecule has 5 nitrogen and oxygen atoms in total. The van der Waals surface area contributed by atoms with E-state index >= 15 is 0 Å². The highest BCUT2D eigenvalue weighted by atomic mass is 19.2. The van der Waals surface area contributed by atoms with E-state index in [1.165, 1.54) is 13.2 Å². The molecule has 0 saturated heterocycles. The van der Waals surface area contributed by atoms with Crippen molar-refractivity contribution in [3.8, 4) is 5.75 Å². The predicted octanol–water partition coefficient (Wildman–Crippen LogP) is 2.52. The monoisotopic (exact) mass is 321 g/mol. The lowest BCUT2D eigenvalue weighted by Crippen LogP contribution is -2.30. The number of methoxy groups -OCH3 is 1. The lowest BCUT2D eigenvalue weighted by Gasteiger charge is -2.12. The minimum absolute atomic E-state index is 0.0145. The van der Waals surface area contributed by atoms with E-state index in [2.05, 4.69) is 15.6 Å². The van der Waals surface area contributed by atoms with Crippen LogP contribution in [0.1, 0.15) is 15.9 Å². The number of carbonyl (C=O) groups excluding carboxylic acids is 1. The van der Waals surface area contributed by atoms with Crippen molar-refractivity contribution in [3.05, 3.63) is 53.4 Å². The number of aryl methyl sites for hydroxylation is 1. The molecule has 0 aliphatic carbocycles. The number of pyridine rings is 1. The maximum atomic E-state index is 13.8. The second kappa shape index (κ2) is 7.53. The van der Waals surface area contributed by atoms with Crippen LogP contribution in [0.2, 0.25) is 0 Å². The van der Waals surface area contributed by atoms with Gasteiger partial charge >= 0.3 is 0 Å². The Bertz CT molecular complexity index is 708. The Morgan fingerprint density at radius 3 is 2.74 bits per heavy atom. The first-order chi connectivity index (χ1) is 11.0. The Kier molecular flexibility index (Phi) is 5.46. The number of nitrogens with zero attached hydrogens (tertiary/aromatic N) is 1. The summed E-state index contributed by atoms with van der Waals surface area (Å²) < 4.78 is 32.0. The third kappa shape index (κ3) is 3.94. The van der Waals surface area contributed by atoms with Crippen LogP contribution in [-0.2, 0) is 0 Å². The first kappa shape index (κ1) is 16.7. The van der Waals surface area contributed by atoms with Gasteiger partial charge in [0, 0.05) is 31.2 Å². The fourth-order valence-corrected chi connectivity index (χ4v) is 2.05. The van der Waals surface area contributed by atoms with E-state index in [4.69, 9.17) is 4.74 Å². The van der Waals surface area contributed by atoms with Crippen LogP contribution in [0.15, 0.2) is 30.6 Å². The van der Waals surface area contributed by atoms with E-state index in [1.54, 1.807) is 12.4 Å². The van der Waals surface area contributed by atoms with Gasteiger partial charge in [0.15, 0.2) is 11.6 Å². The number of aromatic nitrogens is 1. The van der Waals surface area contributed by atoms with Crippen molar-refractivity contribution in [1.82, 2.24) is 10.3 Å². The van der Waals surface area contributed by atoms with Crippen LogP contribution in [0.3, 0.4) is 0 Å². The average Bonchev–Trinajstić information content (AvgIpc) is 2.55. The normalized spacial score (nSPS) is 10.3. The van der Waals surface area contributed by atoms with Gasteiger partial charge in [-0.05, 0) is 30.7 Å². The molecule has 1 aromatic heterocycles. The summed E-state index contributed by atoms with van der Waals surface area (Å²) in [5.74, 6) is -3.06. The molecule has 1 amide bonds. The van der Waals surface area contributed by atoms with Gasteiger partial charge in [0.25, 0.3) is 5.91 Å². The zero-order chi connectivity index (χ0) is 16.8. The van der Waals surface area contributed by atoms with Crippen molar-refractivity contribution < 1.29 is 18.3 Å². The minimum atomic E-state index is -1.22. The number of nitrogens with one attached hydrogen (secondary N) is 2. The van der Waals surface area contributed by atoms with Gasteiger partial charge in [-0.1, -0.05) is 0 Å². The number of anilines is 1. The molecule has 7 heteroatoms. The number of halogens is 2. The Morgan fingerprint density at radius 1 is 1.26 bits per heavy atom.